The molecule has 1 heterocycles. The quantitative estimate of drug-likeness (QED) is 0.432. The molecular weight excluding hydrogens is 462 g/mol. The predicted molar refractivity (Wildman–Crippen MR) is 133 cm³/mol. The Morgan fingerprint density at radius 1 is 0.750 bits per heavy atom. The molecule has 1 aliphatic carbocycles. The fraction of sp³-hybridized carbons (Fsp3) is 0.0714. The fourth-order valence-corrected chi connectivity index (χ4v) is 4.98. The van der Waals surface area contributed by atoms with E-state index in [1.165, 1.54) is 5.56 Å². The van der Waals surface area contributed by atoms with E-state index in [0.29, 0.717) is 0 Å². The molecular formula is C28H20BrNO2. The summed E-state index contributed by atoms with van der Waals surface area (Å²) < 4.78 is 6.21. The topological polar surface area (TPSA) is 38.7 Å². The maximum absolute atomic E-state index is 11.9. The first-order valence-corrected chi connectivity index (χ1v) is 11.1. The number of carbonyl (C=O) groups excluding carboxylic acids is 1. The summed E-state index contributed by atoms with van der Waals surface area (Å²) in [4.78, 5) is 17.0. The van der Waals surface area contributed by atoms with E-state index in [-0.39, 0.29) is 5.78 Å². The zero-order valence-corrected chi connectivity index (χ0v) is 19.0. The van der Waals surface area contributed by atoms with Gasteiger partial charge in [0.15, 0.2) is 5.78 Å². The van der Waals surface area contributed by atoms with E-state index in [9.17, 15) is 4.79 Å². The van der Waals surface area contributed by atoms with Gasteiger partial charge in [-0.25, -0.2) is 0 Å². The predicted octanol–water partition coefficient (Wildman–Crippen LogP) is 6.41. The Hall–Kier alpha value is -3.50. The van der Waals surface area contributed by atoms with E-state index >= 15 is 0 Å². The van der Waals surface area contributed by atoms with Crippen molar-refractivity contribution >= 4 is 33.0 Å². The van der Waals surface area contributed by atoms with Crippen molar-refractivity contribution in [1.82, 2.24) is 0 Å². The van der Waals surface area contributed by atoms with E-state index in [0.717, 1.165) is 38.2 Å². The van der Waals surface area contributed by atoms with E-state index < -0.39 is 5.54 Å². The molecule has 2 aliphatic rings. The lowest BCUT2D eigenvalue weighted by molar-refractivity contribution is -0.110. The van der Waals surface area contributed by atoms with Gasteiger partial charge < -0.3 is 4.74 Å². The number of allylic oxidation sites excluding steroid dienone is 3. The van der Waals surface area contributed by atoms with Gasteiger partial charge in [-0.15, -0.1) is 0 Å². The smallest absolute Gasteiger partial charge is 0.178 e. The molecule has 1 aliphatic heterocycles. The van der Waals surface area contributed by atoms with E-state index in [1.54, 1.807) is 19.3 Å². The van der Waals surface area contributed by atoms with Crippen LogP contribution in [0.2, 0.25) is 0 Å². The highest BCUT2D eigenvalue weighted by Crippen LogP contribution is 2.46. The molecule has 3 nitrogen and oxygen atoms in total. The number of hydrogen-bond donors (Lipinski definition) is 0. The molecule has 156 valence electrons. The van der Waals surface area contributed by atoms with Crippen LogP contribution in [-0.4, -0.2) is 24.1 Å². The van der Waals surface area contributed by atoms with Gasteiger partial charge in [0, 0.05) is 11.1 Å². The van der Waals surface area contributed by atoms with Crippen molar-refractivity contribution in [2.24, 2.45) is 4.99 Å². The summed E-state index contributed by atoms with van der Waals surface area (Å²) in [7, 11) is 1.65. The van der Waals surface area contributed by atoms with Crippen molar-refractivity contribution in [1.29, 1.82) is 0 Å². The van der Waals surface area contributed by atoms with Crippen LogP contribution >= 0.6 is 15.9 Å². The first kappa shape index (κ1) is 20.4. The zero-order chi connectivity index (χ0) is 22.1. The number of hydrogen-bond acceptors (Lipinski definition) is 3. The number of aliphatic imine (C=N–C) groups is 1. The van der Waals surface area contributed by atoms with Crippen LogP contribution in [0.5, 0.6) is 5.75 Å². The van der Waals surface area contributed by atoms with Crippen molar-refractivity contribution in [3.8, 4) is 16.9 Å². The Labute approximate surface area is 195 Å². The standard InChI is InChI=1S/C28H20BrNO2/c1-32-24-13-11-22(12-14-24)27-26(29)25(28(30-27)17-15-23(31)16-18-28)21-9-7-20(8-10-21)19-5-3-2-4-6-19/h2-18H,1H3. The second kappa shape index (κ2) is 8.21. The third-order valence-corrected chi connectivity index (χ3v) is 6.54. The van der Waals surface area contributed by atoms with E-state index in [2.05, 4.69) is 52.3 Å². The summed E-state index contributed by atoms with van der Waals surface area (Å²) in [5.74, 6) is 0.764. The van der Waals surface area contributed by atoms with Gasteiger partial charge in [-0.05, 0) is 81.2 Å². The van der Waals surface area contributed by atoms with Crippen molar-refractivity contribution in [3.63, 3.8) is 0 Å². The van der Waals surface area contributed by atoms with E-state index in [1.807, 2.05) is 54.6 Å². The molecule has 0 saturated carbocycles. The second-order valence-electron chi connectivity index (χ2n) is 7.72. The Morgan fingerprint density at radius 2 is 1.31 bits per heavy atom. The summed E-state index contributed by atoms with van der Waals surface area (Å²) in [5.41, 5.74) is 5.49. The number of benzene rings is 3. The van der Waals surface area contributed by atoms with Crippen molar-refractivity contribution < 1.29 is 9.53 Å². The van der Waals surface area contributed by atoms with Gasteiger partial charge in [-0.3, -0.25) is 9.79 Å². The Morgan fingerprint density at radius 3 is 1.94 bits per heavy atom. The molecule has 0 bridgehead atoms. The Balaban J connectivity index is 1.61. The molecule has 0 radical (unpaired) electrons. The first-order chi connectivity index (χ1) is 15.6. The van der Waals surface area contributed by atoms with Crippen LogP contribution in [0.1, 0.15) is 11.1 Å². The van der Waals surface area contributed by atoms with Crippen LogP contribution in [0.3, 0.4) is 0 Å². The van der Waals surface area contributed by atoms with Crippen LogP contribution in [0.4, 0.5) is 0 Å². The highest BCUT2D eigenvalue weighted by molar-refractivity contribution is 9.12. The average Bonchev–Trinajstić information content (AvgIpc) is 3.13. The maximum atomic E-state index is 11.9. The van der Waals surface area contributed by atoms with Crippen LogP contribution < -0.4 is 4.74 Å². The van der Waals surface area contributed by atoms with Gasteiger partial charge in [0.2, 0.25) is 0 Å². The molecule has 1 spiro atoms. The molecule has 0 fully saturated rings. The molecule has 32 heavy (non-hydrogen) atoms. The highest BCUT2D eigenvalue weighted by Gasteiger charge is 2.40. The zero-order valence-electron chi connectivity index (χ0n) is 17.5. The van der Waals surface area contributed by atoms with Gasteiger partial charge in [-0.2, -0.15) is 0 Å². The molecule has 5 rings (SSSR count). The summed E-state index contributed by atoms with van der Waals surface area (Å²) in [6.07, 6.45) is 6.96. The SMILES string of the molecule is COc1ccc(C2=NC3(C=CC(=O)C=C3)C(c3ccc(-c4ccccc4)cc3)=C2Br)cc1. The lowest BCUT2D eigenvalue weighted by Crippen LogP contribution is -2.24. The summed E-state index contributed by atoms with van der Waals surface area (Å²) >= 11 is 3.83. The van der Waals surface area contributed by atoms with Gasteiger partial charge in [0.1, 0.15) is 11.3 Å². The van der Waals surface area contributed by atoms with Crippen molar-refractivity contribution in [2.75, 3.05) is 7.11 Å². The second-order valence-corrected chi connectivity index (χ2v) is 8.51. The fourth-order valence-electron chi connectivity index (χ4n) is 4.11. The molecule has 0 amide bonds. The Kier molecular flexibility index (Phi) is 5.24. The number of carbonyl (C=O) groups is 1. The van der Waals surface area contributed by atoms with Crippen molar-refractivity contribution in [3.05, 3.63) is 119 Å². The van der Waals surface area contributed by atoms with Crippen LogP contribution in [0, 0.1) is 0 Å². The molecule has 0 N–H and O–H groups in total. The van der Waals surface area contributed by atoms with Gasteiger partial charge in [0.25, 0.3) is 0 Å². The molecule has 3 aromatic rings. The van der Waals surface area contributed by atoms with Gasteiger partial charge in [-0.1, -0.05) is 54.6 Å². The lowest BCUT2D eigenvalue weighted by atomic mass is 9.83. The molecule has 0 aromatic heterocycles. The summed E-state index contributed by atoms with van der Waals surface area (Å²) in [6.45, 7) is 0. The molecule has 0 saturated heterocycles. The highest BCUT2D eigenvalue weighted by atomic mass is 79.9. The molecule has 4 heteroatoms. The Bertz CT molecular complexity index is 1280. The van der Waals surface area contributed by atoms with Crippen LogP contribution in [-0.2, 0) is 4.79 Å². The summed E-state index contributed by atoms with van der Waals surface area (Å²) in [6, 6.07) is 26.6. The minimum absolute atomic E-state index is 0.0291. The number of ether oxygens (including phenoxy) is 1. The third-order valence-electron chi connectivity index (χ3n) is 5.77. The molecule has 0 atom stereocenters. The average molecular weight is 482 g/mol. The normalized spacial score (nSPS) is 16.6. The van der Waals surface area contributed by atoms with Gasteiger partial charge >= 0.3 is 0 Å². The van der Waals surface area contributed by atoms with Crippen LogP contribution in [0.25, 0.3) is 16.7 Å². The number of ketones is 1. The largest absolute Gasteiger partial charge is 0.497 e. The number of methoxy groups -OCH3 is 1. The van der Waals surface area contributed by atoms with Crippen molar-refractivity contribution in [2.45, 2.75) is 5.54 Å². The maximum Gasteiger partial charge on any atom is 0.178 e. The minimum atomic E-state index is -0.726. The monoisotopic (exact) mass is 481 g/mol. The number of rotatable bonds is 4. The van der Waals surface area contributed by atoms with E-state index in [4.69, 9.17) is 9.73 Å². The minimum Gasteiger partial charge on any atom is -0.497 e. The van der Waals surface area contributed by atoms with Gasteiger partial charge in [0.05, 0.1) is 17.3 Å². The lowest BCUT2D eigenvalue weighted by Gasteiger charge is -2.25. The molecule has 3 aromatic carbocycles. The first-order valence-electron chi connectivity index (χ1n) is 10.3. The molecule has 0 unspecified atom stereocenters. The number of nitrogens with zero attached hydrogens (tertiary/aromatic N) is 1. The number of halogens is 1. The third kappa shape index (κ3) is 3.57. The summed E-state index contributed by atoms with van der Waals surface area (Å²) in [5, 5.41) is 0. The van der Waals surface area contributed by atoms with Crippen LogP contribution in [0.15, 0.2) is 113 Å².